The van der Waals surface area contributed by atoms with Crippen molar-refractivity contribution in [2.45, 2.75) is 13.0 Å². The Kier molecular flexibility index (Phi) is 2.38. The van der Waals surface area contributed by atoms with Crippen LogP contribution < -0.4 is 5.73 Å². The van der Waals surface area contributed by atoms with Crippen molar-refractivity contribution in [2.24, 2.45) is 5.73 Å². The van der Waals surface area contributed by atoms with Gasteiger partial charge in [0.1, 0.15) is 5.75 Å². The summed E-state index contributed by atoms with van der Waals surface area (Å²) in [5, 5.41) is 20.2. The molecule has 0 bridgehead atoms. The summed E-state index contributed by atoms with van der Waals surface area (Å²) in [5.74, 6) is 0.186. The summed E-state index contributed by atoms with van der Waals surface area (Å²) >= 11 is 0. The van der Waals surface area contributed by atoms with Crippen molar-refractivity contribution in [3.8, 4) is 5.75 Å². The molecule has 0 aliphatic rings. The Bertz CT molecular complexity index is 491. The minimum Gasteiger partial charge on any atom is -0.506 e. The zero-order valence-electron chi connectivity index (χ0n) is 8.49. The molecular weight excluding hydrogens is 192 g/mol. The Balaban J connectivity index is 2.73. The number of phenols is 1. The van der Waals surface area contributed by atoms with E-state index in [1.165, 1.54) is 0 Å². The third-order valence-corrected chi connectivity index (χ3v) is 2.61. The number of aliphatic hydroxyl groups is 1. The van der Waals surface area contributed by atoms with Gasteiger partial charge in [0.2, 0.25) is 0 Å². The minimum absolute atomic E-state index is 0.170. The van der Waals surface area contributed by atoms with Crippen LogP contribution in [0.1, 0.15) is 17.4 Å². The van der Waals surface area contributed by atoms with Crippen LogP contribution >= 0.6 is 0 Å². The van der Waals surface area contributed by atoms with Crippen molar-refractivity contribution >= 4 is 10.9 Å². The number of aromatic amines is 1. The number of hydrogen-bond donors (Lipinski definition) is 4. The predicted molar refractivity (Wildman–Crippen MR) is 58.7 cm³/mol. The molecule has 4 nitrogen and oxygen atoms in total. The third-order valence-electron chi connectivity index (χ3n) is 2.61. The fourth-order valence-corrected chi connectivity index (χ4v) is 1.90. The standard InChI is InChI=1S/C11H14N2O2/c1-6-10(9(15)5-12)7-3-2-4-8(14)11(7)13-6/h2-4,9,13-15H,5,12H2,1H3. The monoisotopic (exact) mass is 206 g/mol. The number of aliphatic hydroxyl groups excluding tert-OH is 1. The van der Waals surface area contributed by atoms with Gasteiger partial charge in [0.05, 0.1) is 11.6 Å². The maximum atomic E-state index is 9.76. The zero-order chi connectivity index (χ0) is 11.0. The summed E-state index contributed by atoms with van der Waals surface area (Å²) in [5.41, 5.74) is 7.69. The van der Waals surface area contributed by atoms with Gasteiger partial charge >= 0.3 is 0 Å². The molecule has 0 aliphatic carbocycles. The first kappa shape index (κ1) is 10.0. The highest BCUT2D eigenvalue weighted by Gasteiger charge is 2.16. The summed E-state index contributed by atoms with van der Waals surface area (Å²) in [6, 6.07) is 5.21. The van der Waals surface area contributed by atoms with Crippen molar-refractivity contribution in [3.63, 3.8) is 0 Å². The highest BCUT2D eigenvalue weighted by atomic mass is 16.3. The topological polar surface area (TPSA) is 82.3 Å². The van der Waals surface area contributed by atoms with Crippen LogP contribution in [-0.2, 0) is 0 Å². The summed E-state index contributed by atoms with van der Waals surface area (Å²) < 4.78 is 0. The number of nitrogens with one attached hydrogen (secondary N) is 1. The lowest BCUT2D eigenvalue weighted by molar-refractivity contribution is 0.187. The van der Waals surface area contributed by atoms with Crippen LogP contribution in [0, 0.1) is 6.92 Å². The summed E-state index contributed by atoms with van der Waals surface area (Å²) in [7, 11) is 0. The Labute approximate surface area is 87.3 Å². The molecule has 0 amide bonds. The Morgan fingerprint density at radius 2 is 2.20 bits per heavy atom. The van der Waals surface area contributed by atoms with E-state index in [0.717, 1.165) is 16.6 Å². The van der Waals surface area contributed by atoms with E-state index in [1.807, 2.05) is 13.0 Å². The maximum Gasteiger partial charge on any atom is 0.139 e. The predicted octanol–water partition coefficient (Wildman–Crippen LogP) is 1.17. The molecule has 1 heterocycles. The molecule has 0 fully saturated rings. The molecular formula is C11H14N2O2. The lowest BCUT2D eigenvalue weighted by atomic mass is 10.1. The zero-order valence-corrected chi connectivity index (χ0v) is 8.49. The third kappa shape index (κ3) is 1.48. The number of hydrogen-bond acceptors (Lipinski definition) is 3. The number of para-hydroxylation sites is 1. The van der Waals surface area contributed by atoms with Gasteiger partial charge in [0, 0.05) is 23.2 Å². The average Bonchev–Trinajstić information content (AvgIpc) is 2.55. The van der Waals surface area contributed by atoms with Gasteiger partial charge in [-0.05, 0) is 13.0 Å². The molecule has 1 unspecified atom stereocenters. The molecule has 5 N–H and O–H groups in total. The molecule has 1 aromatic carbocycles. The highest BCUT2D eigenvalue weighted by Crippen LogP contribution is 2.31. The Hall–Kier alpha value is -1.52. The first-order valence-corrected chi connectivity index (χ1v) is 4.83. The molecule has 2 rings (SSSR count). The highest BCUT2D eigenvalue weighted by molar-refractivity contribution is 5.89. The van der Waals surface area contributed by atoms with Crippen molar-refractivity contribution in [3.05, 3.63) is 29.5 Å². The molecule has 0 saturated heterocycles. The van der Waals surface area contributed by atoms with E-state index in [0.29, 0.717) is 5.52 Å². The van der Waals surface area contributed by atoms with E-state index in [1.54, 1.807) is 12.1 Å². The normalized spacial score (nSPS) is 13.3. The van der Waals surface area contributed by atoms with Crippen LogP contribution in [0.25, 0.3) is 10.9 Å². The number of rotatable bonds is 2. The first-order valence-electron chi connectivity index (χ1n) is 4.83. The van der Waals surface area contributed by atoms with E-state index >= 15 is 0 Å². The van der Waals surface area contributed by atoms with Crippen LogP contribution in [-0.4, -0.2) is 21.7 Å². The number of aromatic hydroxyl groups is 1. The van der Waals surface area contributed by atoms with Crippen molar-refractivity contribution in [2.75, 3.05) is 6.54 Å². The lowest BCUT2D eigenvalue weighted by Gasteiger charge is -2.07. The Morgan fingerprint density at radius 3 is 2.87 bits per heavy atom. The molecule has 80 valence electrons. The number of H-pyrrole nitrogens is 1. The number of nitrogens with two attached hydrogens (primary N) is 1. The number of aromatic nitrogens is 1. The molecule has 4 heteroatoms. The fourth-order valence-electron chi connectivity index (χ4n) is 1.90. The molecule has 0 spiro atoms. The van der Waals surface area contributed by atoms with Crippen molar-refractivity contribution < 1.29 is 10.2 Å². The SMILES string of the molecule is Cc1[nH]c2c(O)cccc2c1C(O)CN. The van der Waals surface area contributed by atoms with Gasteiger partial charge in [-0.15, -0.1) is 0 Å². The van der Waals surface area contributed by atoms with Gasteiger partial charge in [-0.3, -0.25) is 0 Å². The molecule has 15 heavy (non-hydrogen) atoms. The molecule has 0 radical (unpaired) electrons. The van der Waals surface area contributed by atoms with Crippen LogP contribution in [0.3, 0.4) is 0 Å². The largest absolute Gasteiger partial charge is 0.506 e. The second-order valence-electron chi connectivity index (χ2n) is 3.61. The summed E-state index contributed by atoms with van der Waals surface area (Å²) in [4.78, 5) is 3.04. The molecule has 1 atom stereocenters. The van der Waals surface area contributed by atoms with Crippen LogP contribution in [0.5, 0.6) is 5.75 Å². The molecule has 2 aromatic rings. The molecule has 1 aromatic heterocycles. The quantitative estimate of drug-likeness (QED) is 0.595. The minimum atomic E-state index is -0.694. The van der Waals surface area contributed by atoms with Gasteiger partial charge in [0.25, 0.3) is 0 Å². The van der Waals surface area contributed by atoms with Gasteiger partial charge in [-0.25, -0.2) is 0 Å². The van der Waals surface area contributed by atoms with Gasteiger partial charge in [-0.2, -0.15) is 0 Å². The second kappa shape index (κ2) is 3.56. The van der Waals surface area contributed by atoms with Crippen LogP contribution in [0.15, 0.2) is 18.2 Å². The Morgan fingerprint density at radius 1 is 1.47 bits per heavy atom. The lowest BCUT2D eigenvalue weighted by Crippen LogP contribution is -2.12. The van der Waals surface area contributed by atoms with E-state index < -0.39 is 6.10 Å². The van der Waals surface area contributed by atoms with Gasteiger partial charge in [0.15, 0.2) is 0 Å². The second-order valence-corrected chi connectivity index (χ2v) is 3.61. The van der Waals surface area contributed by atoms with Crippen molar-refractivity contribution in [1.29, 1.82) is 0 Å². The first-order chi connectivity index (χ1) is 7.15. The molecule has 0 saturated carbocycles. The van der Waals surface area contributed by atoms with Crippen LogP contribution in [0.4, 0.5) is 0 Å². The van der Waals surface area contributed by atoms with Crippen LogP contribution in [0.2, 0.25) is 0 Å². The number of fused-ring (bicyclic) bond motifs is 1. The van der Waals surface area contributed by atoms with E-state index in [4.69, 9.17) is 5.73 Å². The van der Waals surface area contributed by atoms with Gasteiger partial charge in [-0.1, -0.05) is 12.1 Å². The maximum absolute atomic E-state index is 9.76. The average molecular weight is 206 g/mol. The summed E-state index contributed by atoms with van der Waals surface area (Å²) in [6.45, 7) is 2.02. The number of benzene rings is 1. The van der Waals surface area contributed by atoms with E-state index in [9.17, 15) is 10.2 Å². The van der Waals surface area contributed by atoms with E-state index in [2.05, 4.69) is 4.98 Å². The fraction of sp³-hybridized carbons (Fsp3) is 0.273. The number of aryl methyl sites for hydroxylation is 1. The number of phenolic OH excluding ortho intramolecular Hbond substituents is 1. The van der Waals surface area contributed by atoms with Gasteiger partial charge < -0.3 is 20.9 Å². The summed E-state index contributed by atoms with van der Waals surface area (Å²) in [6.07, 6.45) is -0.694. The molecule has 0 aliphatic heterocycles. The van der Waals surface area contributed by atoms with E-state index in [-0.39, 0.29) is 12.3 Å². The smallest absolute Gasteiger partial charge is 0.139 e. The van der Waals surface area contributed by atoms with Crippen molar-refractivity contribution in [1.82, 2.24) is 4.98 Å².